The summed E-state index contributed by atoms with van der Waals surface area (Å²) in [7, 11) is 4.14. The van der Waals surface area contributed by atoms with Crippen LogP contribution in [0.5, 0.6) is 0 Å². The minimum Gasteiger partial charge on any atom is -0.347 e. The highest BCUT2D eigenvalue weighted by Gasteiger charge is 2.38. The molecule has 3 rings (SSSR count). The summed E-state index contributed by atoms with van der Waals surface area (Å²) in [4.78, 5) is 17.2. The highest BCUT2D eigenvalue weighted by molar-refractivity contribution is 5.93. The van der Waals surface area contributed by atoms with Gasteiger partial charge in [-0.25, -0.2) is 0 Å². The van der Waals surface area contributed by atoms with Gasteiger partial charge in [0.2, 0.25) is 0 Å². The topological polar surface area (TPSA) is 28.5 Å². The maximum absolute atomic E-state index is 12.7. The SMILES string of the molecule is CN1CCC[C@H]1[C@H]1CCCN1C(=O)c1cccn1C. The molecule has 2 fully saturated rings. The van der Waals surface area contributed by atoms with Gasteiger partial charge in [0.15, 0.2) is 0 Å². The number of likely N-dealkylation sites (N-methyl/N-ethyl adjacent to an activating group) is 1. The smallest absolute Gasteiger partial charge is 0.270 e. The third-order valence-corrected chi connectivity index (χ3v) is 4.74. The number of aryl methyl sites for hydroxylation is 1. The molecule has 0 saturated carbocycles. The third-order valence-electron chi connectivity index (χ3n) is 4.74. The minimum absolute atomic E-state index is 0.204. The molecule has 0 bridgehead atoms. The van der Waals surface area contributed by atoms with Gasteiger partial charge in [-0.1, -0.05) is 0 Å². The summed E-state index contributed by atoms with van der Waals surface area (Å²) in [5, 5.41) is 0. The first kappa shape index (κ1) is 12.7. The first-order valence-electron chi connectivity index (χ1n) is 7.31. The van der Waals surface area contributed by atoms with Gasteiger partial charge in [0.25, 0.3) is 5.91 Å². The fourth-order valence-corrected chi connectivity index (χ4v) is 3.70. The van der Waals surface area contributed by atoms with E-state index in [0.717, 1.165) is 25.1 Å². The Labute approximate surface area is 115 Å². The van der Waals surface area contributed by atoms with E-state index < -0.39 is 0 Å². The molecule has 0 N–H and O–H groups in total. The summed E-state index contributed by atoms with van der Waals surface area (Å²) >= 11 is 0. The van der Waals surface area contributed by atoms with Crippen LogP contribution >= 0.6 is 0 Å². The van der Waals surface area contributed by atoms with Crippen LogP contribution in [0.4, 0.5) is 0 Å². The van der Waals surface area contributed by atoms with Gasteiger partial charge in [-0.2, -0.15) is 0 Å². The van der Waals surface area contributed by atoms with Crippen molar-refractivity contribution in [3.63, 3.8) is 0 Å². The number of amides is 1. The lowest BCUT2D eigenvalue weighted by Crippen LogP contribution is -2.47. The highest BCUT2D eigenvalue weighted by Crippen LogP contribution is 2.30. The molecule has 3 heterocycles. The van der Waals surface area contributed by atoms with E-state index in [-0.39, 0.29) is 5.91 Å². The molecule has 2 saturated heterocycles. The Bertz CT molecular complexity index is 468. The number of carbonyl (C=O) groups is 1. The second-order valence-electron chi connectivity index (χ2n) is 5.90. The van der Waals surface area contributed by atoms with Gasteiger partial charge in [0.05, 0.1) is 0 Å². The van der Waals surface area contributed by atoms with Crippen LogP contribution in [0.3, 0.4) is 0 Å². The van der Waals surface area contributed by atoms with Crippen molar-refractivity contribution in [1.82, 2.24) is 14.4 Å². The molecule has 1 amide bonds. The van der Waals surface area contributed by atoms with Gasteiger partial charge in [0, 0.05) is 31.9 Å². The van der Waals surface area contributed by atoms with Crippen LogP contribution in [0.2, 0.25) is 0 Å². The summed E-state index contributed by atoms with van der Waals surface area (Å²) in [5.74, 6) is 0.204. The Balaban J connectivity index is 1.80. The summed E-state index contributed by atoms with van der Waals surface area (Å²) in [6.07, 6.45) is 6.75. The van der Waals surface area contributed by atoms with E-state index in [2.05, 4.69) is 16.8 Å². The minimum atomic E-state index is 0.204. The number of likely N-dealkylation sites (tertiary alicyclic amines) is 2. The predicted octanol–water partition coefficient (Wildman–Crippen LogP) is 1.72. The van der Waals surface area contributed by atoms with Crippen molar-refractivity contribution >= 4 is 5.91 Å². The standard InChI is InChI=1S/C15H23N3O/c1-16-9-3-6-12(16)13-7-5-11-18(13)15(19)14-8-4-10-17(14)2/h4,8,10,12-13H,3,5-7,9,11H2,1-2H3/t12-,13+/m0/s1. The van der Waals surface area contributed by atoms with Crippen molar-refractivity contribution in [2.24, 2.45) is 7.05 Å². The van der Waals surface area contributed by atoms with Crippen molar-refractivity contribution in [3.8, 4) is 0 Å². The fourth-order valence-electron chi connectivity index (χ4n) is 3.70. The molecule has 0 aliphatic carbocycles. The largest absolute Gasteiger partial charge is 0.347 e. The molecule has 0 spiro atoms. The number of nitrogens with zero attached hydrogens (tertiary/aromatic N) is 3. The molecule has 1 aromatic heterocycles. The number of carbonyl (C=O) groups excluding carboxylic acids is 1. The summed E-state index contributed by atoms with van der Waals surface area (Å²) in [6.45, 7) is 2.09. The Morgan fingerprint density at radius 1 is 1.16 bits per heavy atom. The Morgan fingerprint density at radius 3 is 2.53 bits per heavy atom. The second kappa shape index (κ2) is 5.00. The quantitative estimate of drug-likeness (QED) is 0.811. The molecule has 1 aromatic rings. The van der Waals surface area contributed by atoms with Crippen LogP contribution in [-0.2, 0) is 7.05 Å². The second-order valence-corrected chi connectivity index (χ2v) is 5.90. The number of hydrogen-bond donors (Lipinski definition) is 0. The molecular formula is C15H23N3O. The number of aromatic nitrogens is 1. The van der Waals surface area contributed by atoms with Crippen LogP contribution in [0.25, 0.3) is 0 Å². The van der Waals surface area contributed by atoms with E-state index in [4.69, 9.17) is 0 Å². The van der Waals surface area contributed by atoms with Gasteiger partial charge >= 0.3 is 0 Å². The average Bonchev–Trinajstić information content (AvgIpc) is 3.07. The van der Waals surface area contributed by atoms with Crippen molar-refractivity contribution < 1.29 is 4.79 Å². The lowest BCUT2D eigenvalue weighted by molar-refractivity contribution is 0.0655. The monoisotopic (exact) mass is 261 g/mol. The van der Waals surface area contributed by atoms with Crippen LogP contribution in [0.15, 0.2) is 18.3 Å². The van der Waals surface area contributed by atoms with Crippen molar-refractivity contribution in [2.75, 3.05) is 20.1 Å². The Morgan fingerprint density at radius 2 is 1.89 bits per heavy atom. The third kappa shape index (κ3) is 2.18. The number of rotatable bonds is 2. The van der Waals surface area contributed by atoms with Crippen molar-refractivity contribution in [3.05, 3.63) is 24.0 Å². The molecule has 2 aliphatic rings. The zero-order valence-corrected chi connectivity index (χ0v) is 11.9. The molecule has 0 unspecified atom stereocenters. The van der Waals surface area contributed by atoms with Gasteiger partial charge < -0.3 is 14.4 Å². The van der Waals surface area contributed by atoms with Crippen LogP contribution in [0, 0.1) is 0 Å². The highest BCUT2D eigenvalue weighted by atomic mass is 16.2. The Kier molecular flexibility index (Phi) is 3.35. The molecule has 4 nitrogen and oxygen atoms in total. The maximum Gasteiger partial charge on any atom is 0.270 e. The lowest BCUT2D eigenvalue weighted by atomic mass is 10.0. The molecule has 0 aromatic carbocycles. The van der Waals surface area contributed by atoms with E-state index in [9.17, 15) is 4.79 Å². The molecule has 104 valence electrons. The van der Waals surface area contributed by atoms with Gasteiger partial charge in [-0.05, 0) is 51.4 Å². The van der Waals surface area contributed by atoms with Gasteiger partial charge in [0.1, 0.15) is 5.69 Å². The zero-order valence-electron chi connectivity index (χ0n) is 11.9. The normalized spacial score (nSPS) is 28.2. The van der Waals surface area contributed by atoms with Gasteiger partial charge in [-0.15, -0.1) is 0 Å². The first-order valence-corrected chi connectivity index (χ1v) is 7.31. The van der Waals surface area contributed by atoms with E-state index in [0.29, 0.717) is 12.1 Å². The zero-order chi connectivity index (χ0) is 13.4. The molecule has 0 radical (unpaired) electrons. The van der Waals surface area contributed by atoms with Crippen molar-refractivity contribution in [2.45, 2.75) is 37.8 Å². The maximum atomic E-state index is 12.7. The lowest BCUT2D eigenvalue weighted by Gasteiger charge is -2.33. The number of hydrogen-bond acceptors (Lipinski definition) is 2. The van der Waals surface area contributed by atoms with Crippen LogP contribution in [-0.4, -0.2) is 52.5 Å². The first-order chi connectivity index (χ1) is 9.18. The van der Waals surface area contributed by atoms with E-state index in [1.54, 1.807) is 0 Å². The summed E-state index contributed by atoms with van der Waals surface area (Å²) < 4.78 is 1.93. The van der Waals surface area contributed by atoms with Crippen LogP contribution < -0.4 is 0 Å². The molecule has 19 heavy (non-hydrogen) atoms. The van der Waals surface area contributed by atoms with E-state index in [1.165, 1.54) is 19.4 Å². The summed E-state index contributed by atoms with van der Waals surface area (Å²) in [5.41, 5.74) is 0.813. The van der Waals surface area contributed by atoms with Gasteiger partial charge in [-0.3, -0.25) is 4.79 Å². The summed E-state index contributed by atoms with van der Waals surface area (Å²) in [6, 6.07) is 4.84. The van der Waals surface area contributed by atoms with E-state index in [1.807, 2.05) is 29.9 Å². The van der Waals surface area contributed by atoms with E-state index >= 15 is 0 Å². The Hall–Kier alpha value is -1.29. The molecule has 2 aliphatic heterocycles. The van der Waals surface area contributed by atoms with Crippen molar-refractivity contribution in [1.29, 1.82) is 0 Å². The predicted molar refractivity (Wildman–Crippen MR) is 75.1 cm³/mol. The average molecular weight is 261 g/mol. The van der Waals surface area contributed by atoms with Crippen LogP contribution in [0.1, 0.15) is 36.2 Å². The molecule has 2 atom stereocenters. The molecule has 4 heteroatoms. The molecular weight excluding hydrogens is 238 g/mol. The fraction of sp³-hybridized carbons (Fsp3) is 0.667.